The molecule has 0 saturated heterocycles. The fourth-order valence-corrected chi connectivity index (χ4v) is 2.45. The molecule has 0 atom stereocenters. The van der Waals surface area contributed by atoms with Gasteiger partial charge in [-0.15, -0.1) is 0 Å². The van der Waals surface area contributed by atoms with Crippen LogP contribution in [0.4, 0.5) is 11.5 Å². The highest BCUT2D eigenvalue weighted by Crippen LogP contribution is 2.32. The molecule has 2 heterocycles. The molecule has 0 saturated carbocycles. The molecule has 4 nitrogen and oxygen atoms in total. The molecular formula is C17H13N3O. The Hall–Kier alpha value is -2.88. The van der Waals surface area contributed by atoms with Gasteiger partial charge in [0.1, 0.15) is 17.4 Å². The molecule has 0 amide bonds. The number of furan rings is 1. The van der Waals surface area contributed by atoms with E-state index in [-0.39, 0.29) is 0 Å². The van der Waals surface area contributed by atoms with Crippen LogP contribution in [-0.4, -0.2) is 9.97 Å². The van der Waals surface area contributed by atoms with Gasteiger partial charge in [-0.2, -0.15) is 0 Å². The minimum atomic E-state index is 0.682. The van der Waals surface area contributed by atoms with Crippen molar-refractivity contribution in [1.82, 2.24) is 9.97 Å². The second kappa shape index (κ2) is 4.59. The van der Waals surface area contributed by atoms with E-state index in [2.05, 4.69) is 28.3 Å². The average Bonchev–Trinajstić information content (AvgIpc) is 2.89. The van der Waals surface area contributed by atoms with Crippen LogP contribution in [0.25, 0.3) is 22.1 Å². The molecule has 21 heavy (non-hydrogen) atoms. The van der Waals surface area contributed by atoms with Crippen molar-refractivity contribution in [1.29, 1.82) is 0 Å². The van der Waals surface area contributed by atoms with Gasteiger partial charge in [-0.3, -0.25) is 0 Å². The standard InChI is InChI=1S/C17H13N3O/c1-11-6-2-4-8-13(11)20-17-16-15(18-10-19-17)12-7-3-5-9-14(12)21-16/h2-10H,1H3,(H,18,19,20). The molecule has 0 aliphatic rings. The second-order valence-electron chi connectivity index (χ2n) is 4.94. The molecule has 2 aromatic heterocycles. The van der Waals surface area contributed by atoms with Crippen molar-refractivity contribution >= 4 is 33.6 Å². The Morgan fingerprint density at radius 3 is 2.67 bits per heavy atom. The summed E-state index contributed by atoms with van der Waals surface area (Å²) in [6, 6.07) is 16.0. The van der Waals surface area contributed by atoms with Crippen LogP contribution in [0.3, 0.4) is 0 Å². The Balaban J connectivity index is 1.91. The van der Waals surface area contributed by atoms with Crippen LogP contribution >= 0.6 is 0 Å². The Morgan fingerprint density at radius 1 is 0.952 bits per heavy atom. The van der Waals surface area contributed by atoms with Gasteiger partial charge < -0.3 is 9.73 Å². The Bertz CT molecular complexity index is 943. The average molecular weight is 275 g/mol. The van der Waals surface area contributed by atoms with Crippen LogP contribution in [0, 0.1) is 6.92 Å². The van der Waals surface area contributed by atoms with Gasteiger partial charge in [0.15, 0.2) is 11.4 Å². The summed E-state index contributed by atoms with van der Waals surface area (Å²) in [5, 5.41) is 4.33. The van der Waals surface area contributed by atoms with E-state index in [0.717, 1.165) is 27.7 Å². The first-order valence-corrected chi connectivity index (χ1v) is 6.78. The summed E-state index contributed by atoms with van der Waals surface area (Å²) in [5.41, 5.74) is 4.50. The van der Waals surface area contributed by atoms with Gasteiger partial charge in [0.05, 0.1) is 0 Å². The van der Waals surface area contributed by atoms with Crippen LogP contribution in [-0.2, 0) is 0 Å². The Morgan fingerprint density at radius 2 is 1.76 bits per heavy atom. The van der Waals surface area contributed by atoms with E-state index in [0.29, 0.717) is 11.4 Å². The van der Waals surface area contributed by atoms with Gasteiger partial charge in [-0.25, -0.2) is 9.97 Å². The van der Waals surface area contributed by atoms with E-state index >= 15 is 0 Å². The van der Waals surface area contributed by atoms with Crippen LogP contribution in [0.2, 0.25) is 0 Å². The quantitative estimate of drug-likeness (QED) is 0.588. The van der Waals surface area contributed by atoms with Gasteiger partial charge in [-0.1, -0.05) is 30.3 Å². The number of para-hydroxylation sites is 2. The zero-order valence-electron chi connectivity index (χ0n) is 11.5. The zero-order chi connectivity index (χ0) is 14.2. The molecule has 0 unspecified atom stereocenters. The van der Waals surface area contributed by atoms with Gasteiger partial charge in [0.25, 0.3) is 0 Å². The van der Waals surface area contributed by atoms with Crippen LogP contribution < -0.4 is 5.32 Å². The molecule has 0 aliphatic carbocycles. The summed E-state index contributed by atoms with van der Waals surface area (Å²) >= 11 is 0. The van der Waals surface area contributed by atoms with Gasteiger partial charge in [-0.05, 0) is 30.7 Å². The lowest BCUT2D eigenvalue weighted by Gasteiger charge is -2.08. The Labute approximate surface area is 121 Å². The summed E-state index contributed by atoms with van der Waals surface area (Å²) in [6.45, 7) is 2.05. The number of hydrogen-bond acceptors (Lipinski definition) is 4. The SMILES string of the molecule is Cc1ccccc1Nc1ncnc2c1oc1ccccc12. The molecule has 4 aromatic rings. The third-order valence-electron chi connectivity index (χ3n) is 3.56. The second-order valence-corrected chi connectivity index (χ2v) is 4.94. The molecule has 0 aliphatic heterocycles. The molecule has 0 fully saturated rings. The minimum absolute atomic E-state index is 0.682. The minimum Gasteiger partial charge on any atom is -0.450 e. The molecular weight excluding hydrogens is 262 g/mol. The monoisotopic (exact) mass is 275 g/mol. The van der Waals surface area contributed by atoms with Crippen molar-refractivity contribution in [3.8, 4) is 0 Å². The Kier molecular flexibility index (Phi) is 2.60. The molecule has 2 aromatic carbocycles. The van der Waals surface area contributed by atoms with E-state index in [1.54, 1.807) is 6.33 Å². The number of nitrogens with one attached hydrogen (secondary N) is 1. The molecule has 102 valence electrons. The number of anilines is 2. The third-order valence-corrected chi connectivity index (χ3v) is 3.56. The van der Waals surface area contributed by atoms with Crippen molar-refractivity contribution in [3.05, 3.63) is 60.4 Å². The van der Waals surface area contributed by atoms with E-state index in [4.69, 9.17) is 4.42 Å². The number of fused-ring (bicyclic) bond motifs is 3. The van der Waals surface area contributed by atoms with E-state index in [1.165, 1.54) is 0 Å². The topological polar surface area (TPSA) is 51.0 Å². The highest BCUT2D eigenvalue weighted by molar-refractivity contribution is 6.05. The van der Waals surface area contributed by atoms with Crippen LogP contribution in [0.1, 0.15) is 5.56 Å². The van der Waals surface area contributed by atoms with Crippen molar-refractivity contribution in [2.24, 2.45) is 0 Å². The molecule has 0 radical (unpaired) electrons. The maximum Gasteiger partial charge on any atom is 0.196 e. The number of nitrogens with zero attached hydrogens (tertiary/aromatic N) is 2. The predicted molar refractivity (Wildman–Crippen MR) is 83.8 cm³/mol. The van der Waals surface area contributed by atoms with E-state index in [1.807, 2.05) is 42.5 Å². The lowest BCUT2D eigenvalue weighted by molar-refractivity contribution is 0.667. The lowest BCUT2D eigenvalue weighted by Crippen LogP contribution is -1.96. The number of hydrogen-bond donors (Lipinski definition) is 1. The lowest BCUT2D eigenvalue weighted by atomic mass is 10.2. The molecule has 0 spiro atoms. The molecule has 4 heteroatoms. The summed E-state index contributed by atoms with van der Waals surface area (Å²) in [5.74, 6) is 0.686. The highest BCUT2D eigenvalue weighted by Gasteiger charge is 2.13. The van der Waals surface area contributed by atoms with Gasteiger partial charge >= 0.3 is 0 Å². The number of rotatable bonds is 2. The van der Waals surface area contributed by atoms with Crippen molar-refractivity contribution in [3.63, 3.8) is 0 Å². The first-order chi connectivity index (χ1) is 10.3. The summed E-state index contributed by atoms with van der Waals surface area (Å²) in [4.78, 5) is 8.67. The molecule has 1 N–H and O–H groups in total. The molecule has 0 bridgehead atoms. The zero-order valence-corrected chi connectivity index (χ0v) is 11.5. The molecule has 4 rings (SSSR count). The first kappa shape index (κ1) is 11.9. The van der Waals surface area contributed by atoms with Crippen molar-refractivity contribution in [2.45, 2.75) is 6.92 Å². The number of benzene rings is 2. The van der Waals surface area contributed by atoms with Crippen molar-refractivity contribution in [2.75, 3.05) is 5.32 Å². The summed E-state index contributed by atoms with van der Waals surface area (Å²) in [7, 11) is 0. The fraction of sp³-hybridized carbons (Fsp3) is 0.0588. The normalized spacial score (nSPS) is 11.1. The first-order valence-electron chi connectivity index (χ1n) is 6.78. The number of aromatic nitrogens is 2. The van der Waals surface area contributed by atoms with Gasteiger partial charge in [0, 0.05) is 11.1 Å². The summed E-state index contributed by atoms with van der Waals surface area (Å²) < 4.78 is 5.91. The van der Waals surface area contributed by atoms with Crippen molar-refractivity contribution < 1.29 is 4.42 Å². The maximum absolute atomic E-state index is 5.91. The smallest absolute Gasteiger partial charge is 0.196 e. The van der Waals surface area contributed by atoms with Crippen LogP contribution in [0.5, 0.6) is 0 Å². The van der Waals surface area contributed by atoms with E-state index in [9.17, 15) is 0 Å². The van der Waals surface area contributed by atoms with Crippen LogP contribution in [0.15, 0.2) is 59.3 Å². The third kappa shape index (κ3) is 1.92. The fourth-order valence-electron chi connectivity index (χ4n) is 2.45. The number of aryl methyl sites for hydroxylation is 1. The van der Waals surface area contributed by atoms with Gasteiger partial charge in [0.2, 0.25) is 0 Å². The highest BCUT2D eigenvalue weighted by atomic mass is 16.3. The largest absolute Gasteiger partial charge is 0.450 e. The van der Waals surface area contributed by atoms with E-state index < -0.39 is 0 Å². The predicted octanol–water partition coefficient (Wildman–Crippen LogP) is 4.43. The maximum atomic E-state index is 5.91. The summed E-state index contributed by atoms with van der Waals surface area (Å²) in [6.07, 6.45) is 1.56.